The molecule has 0 spiro atoms. The Hall–Kier alpha value is -4.44. The molecular formula is C24H16N8OS. The number of pyridine rings is 3. The molecule has 0 aliphatic rings. The van der Waals surface area contributed by atoms with Crippen LogP contribution in [-0.2, 0) is 0 Å². The lowest BCUT2D eigenvalue weighted by molar-refractivity contribution is 0.0918. The van der Waals surface area contributed by atoms with Gasteiger partial charge in [-0.3, -0.25) is 24.4 Å². The van der Waals surface area contributed by atoms with E-state index in [9.17, 15) is 4.79 Å². The van der Waals surface area contributed by atoms with Crippen molar-refractivity contribution in [1.29, 1.82) is 0 Å². The molecule has 7 heterocycles. The summed E-state index contributed by atoms with van der Waals surface area (Å²) in [5.74, 6) is -0.0132. The van der Waals surface area contributed by atoms with Crippen LogP contribution in [0, 0.1) is 0 Å². The Morgan fingerprint density at radius 1 is 0.971 bits per heavy atom. The molecule has 7 aromatic heterocycles. The van der Waals surface area contributed by atoms with E-state index in [-0.39, 0.29) is 5.91 Å². The van der Waals surface area contributed by atoms with Crippen molar-refractivity contribution in [2.75, 3.05) is 0 Å². The number of H-pyrrole nitrogens is 2. The van der Waals surface area contributed by atoms with E-state index in [0.717, 1.165) is 42.1 Å². The van der Waals surface area contributed by atoms with Gasteiger partial charge in [0.05, 0.1) is 28.8 Å². The predicted octanol–water partition coefficient (Wildman–Crippen LogP) is 5.27. The van der Waals surface area contributed by atoms with Gasteiger partial charge in [-0.25, -0.2) is 9.97 Å². The zero-order valence-corrected chi connectivity index (χ0v) is 18.7. The number of hydrogen-bond donors (Lipinski definition) is 2. The summed E-state index contributed by atoms with van der Waals surface area (Å²) in [5.41, 5.74) is 4.29. The Morgan fingerprint density at radius 3 is 2.76 bits per heavy atom. The van der Waals surface area contributed by atoms with Crippen LogP contribution in [0.1, 0.15) is 18.1 Å². The van der Waals surface area contributed by atoms with Gasteiger partial charge < -0.3 is 4.98 Å². The number of carbonyl (C=O) groups excluding carboxylic acids is 1. The highest BCUT2D eigenvalue weighted by Crippen LogP contribution is 2.30. The number of aromatic amines is 2. The average Bonchev–Trinajstić information content (AvgIpc) is 3.61. The zero-order valence-electron chi connectivity index (χ0n) is 17.9. The lowest BCUT2D eigenvalue weighted by atomic mass is 10.2. The minimum Gasteiger partial charge on any atom is -0.335 e. The van der Waals surface area contributed by atoms with Gasteiger partial charge in [-0.05, 0) is 24.3 Å². The summed E-state index contributed by atoms with van der Waals surface area (Å²) in [4.78, 5) is 35.6. The first-order valence-corrected chi connectivity index (χ1v) is 11.6. The fourth-order valence-corrected chi connectivity index (χ4v) is 5.38. The van der Waals surface area contributed by atoms with E-state index in [2.05, 4.69) is 30.1 Å². The third kappa shape index (κ3) is 2.72. The van der Waals surface area contributed by atoms with E-state index in [0.29, 0.717) is 28.7 Å². The highest BCUT2D eigenvalue weighted by atomic mass is 32.1. The number of aromatic nitrogens is 8. The molecule has 0 saturated carbocycles. The molecule has 9 nitrogen and oxygen atoms in total. The van der Waals surface area contributed by atoms with Gasteiger partial charge in [0.15, 0.2) is 11.3 Å². The van der Waals surface area contributed by atoms with Crippen LogP contribution < -0.4 is 0 Å². The maximum absolute atomic E-state index is 13.1. The van der Waals surface area contributed by atoms with E-state index in [1.54, 1.807) is 35.6 Å². The molecule has 0 unspecified atom stereocenters. The molecule has 0 fully saturated rings. The summed E-state index contributed by atoms with van der Waals surface area (Å²) in [7, 11) is 0. The number of carbonyl (C=O) groups is 1. The number of thiophene rings is 1. The molecule has 10 heteroatoms. The monoisotopic (exact) mass is 464 g/mol. The van der Waals surface area contributed by atoms with Crippen molar-refractivity contribution >= 4 is 81.7 Å². The lowest BCUT2D eigenvalue weighted by Crippen LogP contribution is -2.09. The third-order valence-corrected chi connectivity index (χ3v) is 7.08. The fourth-order valence-electron chi connectivity index (χ4n) is 4.32. The standard InChI is InChI=1S/C24H16N8OS/c1-2-19(33)32-14-5-12(7-25-9-14)13-6-15-22(30-31-23(15)27-8-13)24-28-17-11-26-10-16(21(17)29-24)18-3-4-20(32)34-18/h3-11H,2H2,1H3,(H,28,29)(H,27,30,31). The summed E-state index contributed by atoms with van der Waals surface area (Å²) >= 11 is 1.52. The quantitative estimate of drug-likeness (QED) is 0.341. The summed E-state index contributed by atoms with van der Waals surface area (Å²) in [6.07, 6.45) is 9.19. The second-order valence-corrected chi connectivity index (χ2v) is 9.08. The zero-order chi connectivity index (χ0) is 22.8. The molecule has 7 rings (SSSR count). The predicted molar refractivity (Wildman–Crippen MR) is 134 cm³/mol. The second kappa shape index (κ2) is 7.03. The highest BCUT2D eigenvalue weighted by Gasteiger charge is 2.12. The number of rotatable bonds is 1. The van der Waals surface area contributed by atoms with E-state index in [1.165, 1.54) is 11.3 Å². The second-order valence-electron chi connectivity index (χ2n) is 8.01. The number of nitrogens with zero attached hydrogens (tertiary/aromatic N) is 6. The Morgan fingerprint density at radius 2 is 1.85 bits per heavy atom. The number of nitrogens with one attached hydrogen (secondary N) is 2. The summed E-state index contributed by atoms with van der Waals surface area (Å²) in [6, 6.07) is 7.94. The van der Waals surface area contributed by atoms with Crippen molar-refractivity contribution in [1.82, 2.24) is 39.7 Å². The van der Waals surface area contributed by atoms with E-state index in [1.807, 2.05) is 31.2 Å². The molecule has 0 amide bonds. The molecule has 0 aliphatic carbocycles. The van der Waals surface area contributed by atoms with Crippen LogP contribution in [0.3, 0.4) is 0 Å². The highest BCUT2D eigenvalue weighted by molar-refractivity contribution is 7.24. The van der Waals surface area contributed by atoms with E-state index < -0.39 is 0 Å². The van der Waals surface area contributed by atoms with E-state index in [4.69, 9.17) is 4.98 Å². The lowest BCUT2D eigenvalue weighted by Gasteiger charge is -2.06. The normalized spacial score (nSPS) is 11.9. The van der Waals surface area contributed by atoms with Crippen molar-refractivity contribution in [3.05, 3.63) is 55.2 Å². The SMILES string of the molecule is CCC(=O)n1c2cncc(c2)c2cnc3[nH]nc(c4nc5c(cncc5c5ccc1s5)[nH]4)c3c2. The van der Waals surface area contributed by atoms with Crippen molar-refractivity contribution in [3.8, 4) is 0 Å². The maximum Gasteiger partial charge on any atom is 0.231 e. The average molecular weight is 465 g/mol. The van der Waals surface area contributed by atoms with E-state index >= 15 is 0 Å². The molecular weight excluding hydrogens is 448 g/mol. The first kappa shape index (κ1) is 19.1. The van der Waals surface area contributed by atoms with Gasteiger partial charge in [-0.2, -0.15) is 5.10 Å². The Kier molecular flexibility index (Phi) is 3.94. The maximum atomic E-state index is 13.1. The molecule has 8 bridgehead atoms. The van der Waals surface area contributed by atoms with Crippen LogP contribution in [0.25, 0.3) is 64.4 Å². The number of imidazole rings is 1. The number of hydrogen-bond acceptors (Lipinski definition) is 7. The van der Waals surface area contributed by atoms with Gasteiger partial charge in [-0.1, -0.05) is 6.92 Å². The molecule has 0 radical (unpaired) electrons. The van der Waals surface area contributed by atoms with Gasteiger partial charge in [0.1, 0.15) is 15.9 Å². The van der Waals surface area contributed by atoms with Crippen molar-refractivity contribution in [2.45, 2.75) is 13.3 Å². The van der Waals surface area contributed by atoms with Gasteiger partial charge in [0.2, 0.25) is 5.91 Å². The molecule has 7 aromatic rings. The van der Waals surface area contributed by atoms with Crippen molar-refractivity contribution in [2.24, 2.45) is 0 Å². The topological polar surface area (TPSA) is 118 Å². The Labute approximate surface area is 194 Å². The molecule has 0 aromatic carbocycles. The summed E-state index contributed by atoms with van der Waals surface area (Å²) in [6.45, 7) is 1.86. The summed E-state index contributed by atoms with van der Waals surface area (Å²) < 4.78 is 2.69. The Bertz CT molecular complexity index is 1990. The molecule has 0 aliphatic heterocycles. The first-order valence-electron chi connectivity index (χ1n) is 10.8. The van der Waals surface area contributed by atoms with Crippen LogP contribution >= 0.6 is 11.3 Å². The first-order chi connectivity index (χ1) is 16.7. The minimum atomic E-state index is -0.0132. The van der Waals surface area contributed by atoms with Crippen LogP contribution in [0.2, 0.25) is 0 Å². The molecule has 34 heavy (non-hydrogen) atoms. The Balaban J connectivity index is 1.79. The van der Waals surface area contributed by atoms with Crippen LogP contribution in [0.15, 0.2) is 55.2 Å². The van der Waals surface area contributed by atoms with Gasteiger partial charge >= 0.3 is 0 Å². The third-order valence-electron chi connectivity index (χ3n) is 5.98. The van der Waals surface area contributed by atoms with Crippen LogP contribution in [0.4, 0.5) is 0 Å². The van der Waals surface area contributed by atoms with Crippen LogP contribution in [-0.4, -0.2) is 45.6 Å². The van der Waals surface area contributed by atoms with Gasteiger partial charge in [0, 0.05) is 45.9 Å². The molecule has 2 N–H and O–H groups in total. The largest absolute Gasteiger partial charge is 0.335 e. The smallest absolute Gasteiger partial charge is 0.231 e. The van der Waals surface area contributed by atoms with Gasteiger partial charge in [-0.15, -0.1) is 11.3 Å². The molecule has 0 atom stereocenters. The molecule has 164 valence electrons. The fraction of sp³-hybridized carbons (Fsp3) is 0.0833. The minimum absolute atomic E-state index is 0.0132. The van der Waals surface area contributed by atoms with Crippen molar-refractivity contribution in [3.63, 3.8) is 0 Å². The number of fused-ring (bicyclic) bond motifs is 9. The molecule has 0 saturated heterocycles. The van der Waals surface area contributed by atoms with Gasteiger partial charge in [0.25, 0.3) is 0 Å². The van der Waals surface area contributed by atoms with Crippen LogP contribution in [0.5, 0.6) is 0 Å². The van der Waals surface area contributed by atoms with Crippen molar-refractivity contribution < 1.29 is 4.79 Å². The summed E-state index contributed by atoms with van der Waals surface area (Å²) in [5, 5.41) is 10.9.